The van der Waals surface area contributed by atoms with Gasteiger partial charge in [-0.05, 0) is 12.1 Å². The van der Waals surface area contributed by atoms with Crippen molar-refractivity contribution in [2.75, 3.05) is 0 Å². The number of aromatic nitrogens is 2. The van der Waals surface area contributed by atoms with E-state index in [2.05, 4.69) is 9.97 Å². The van der Waals surface area contributed by atoms with E-state index >= 15 is 0 Å². The zero-order chi connectivity index (χ0) is 8.55. The molecule has 0 bridgehead atoms. The van der Waals surface area contributed by atoms with Crippen molar-refractivity contribution in [2.45, 2.75) is 0 Å². The lowest BCUT2D eigenvalue weighted by molar-refractivity contribution is 0.0991. The van der Waals surface area contributed by atoms with E-state index in [4.69, 9.17) is 5.73 Å². The number of nitrogens with zero attached hydrogens (tertiary/aromatic N) is 1. The molecule has 0 aliphatic heterocycles. The molecule has 4 nitrogen and oxygen atoms in total. The molecule has 0 saturated heterocycles. The van der Waals surface area contributed by atoms with E-state index in [0.717, 1.165) is 11.0 Å². The van der Waals surface area contributed by atoms with Crippen LogP contribution in [0.2, 0.25) is 0 Å². The van der Waals surface area contributed by atoms with Crippen LogP contribution in [0.1, 0.15) is 10.6 Å². The topological polar surface area (TPSA) is 71.8 Å². The maximum Gasteiger partial charge on any atom is 0.284 e. The Kier molecular flexibility index (Phi) is 1.33. The summed E-state index contributed by atoms with van der Waals surface area (Å²) in [5, 5.41) is 0. The van der Waals surface area contributed by atoms with Crippen LogP contribution in [0.25, 0.3) is 11.0 Å². The van der Waals surface area contributed by atoms with Gasteiger partial charge in [-0.2, -0.15) is 0 Å². The van der Waals surface area contributed by atoms with Crippen molar-refractivity contribution in [1.82, 2.24) is 9.97 Å². The summed E-state index contributed by atoms with van der Waals surface area (Å²) in [5.41, 5.74) is 6.63. The summed E-state index contributed by atoms with van der Waals surface area (Å²) >= 11 is 0. The second-order valence-electron chi connectivity index (χ2n) is 2.47. The van der Waals surface area contributed by atoms with E-state index in [-0.39, 0.29) is 5.82 Å². The van der Waals surface area contributed by atoms with Crippen molar-refractivity contribution in [3.63, 3.8) is 0 Å². The minimum Gasteiger partial charge on any atom is -0.363 e. The summed E-state index contributed by atoms with van der Waals surface area (Å²) in [6, 6.07) is 7.38. The monoisotopic (exact) mass is 161 g/mol. The molecule has 0 aliphatic carbocycles. The van der Waals surface area contributed by atoms with Crippen LogP contribution < -0.4 is 5.73 Å². The molecule has 0 radical (unpaired) electrons. The van der Waals surface area contributed by atoms with Crippen molar-refractivity contribution in [2.24, 2.45) is 5.73 Å². The van der Waals surface area contributed by atoms with Gasteiger partial charge >= 0.3 is 0 Å². The number of benzene rings is 1. The number of hydrogen-bond donors (Lipinski definition) is 2. The maximum absolute atomic E-state index is 10.7. The lowest BCUT2D eigenvalue weighted by atomic mass is 10.3. The van der Waals surface area contributed by atoms with Gasteiger partial charge in [-0.1, -0.05) is 12.1 Å². The standard InChI is InChI=1S/C8H7N3O/c9-7(12)8-10-5-3-1-2-4-6(5)11-8/h1-4H,(H2,9,12)(H,10,11). The predicted octanol–water partition coefficient (Wildman–Crippen LogP) is 0.662. The summed E-state index contributed by atoms with van der Waals surface area (Å²) in [6.07, 6.45) is 0. The molecule has 0 saturated carbocycles. The molecule has 0 spiro atoms. The second kappa shape index (κ2) is 2.34. The van der Waals surface area contributed by atoms with E-state index in [1.54, 1.807) is 0 Å². The zero-order valence-corrected chi connectivity index (χ0v) is 6.24. The van der Waals surface area contributed by atoms with Gasteiger partial charge in [-0.15, -0.1) is 0 Å². The van der Waals surface area contributed by atoms with Crippen molar-refractivity contribution in [1.29, 1.82) is 0 Å². The van der Waals surface area contributed by atoms with Gasteiger partial charge in [0.15, 0.2) is 5.82 Å². The Hall–Kier alpha value is -1.84. The summed E-state index contributed by atoms with van der Waals surface area (Å²) in [4.78, 5) is 17.5. The van der Waals surface area contributed by atoms with Gasteiger partial charge in [0, 0.05) is 0 Å². The predicted molar refractivity (Wildman–Crippen MR) is 44.6 cm³/mol. The molecule has 60 valence electrons. The van der Waals surface area contributed by atoms with Gasteiger partial charge in [0.1, 0.15) is 0 Å². The Morgan fingerprint density at radius 1 is 1.42 bits per heavy atom. The van der Waals surface area contributed by atoms with Gasteiger partial charge < -0.3 is 10.7 Å². The fourth-order valence-corrected chi connectivity index (χ4v) is 1.07. The Labute approximate surface area is 68.4 Å². The highest BCUT2D eigenvalue weighted by molar-refractivity contribution is 5.92. The molecule has 3 N–H and O–H groups in total. The van der Waals surface area contributed by atoms with Gasteiger partial charge in [-0.25, -0.2) is 4.98 Å². The second-order valence-corrected chi connectivity index (χ2v) is 2.47. The SMILES string of the molecule is NC(=O)c1nc2ccccc2[nH]1. The molecular weight excluding hydrogens is 154 g/mol. The summed E-state index contributed by atoms with van der Waals surface area (Å²) < 4.78 is 0. The maximum atomic E-state index is 10.7. The lowest BCUT2D eigenvalue weighted by Gasteiger charge is -1.82. The number of nitrogens with two attached hydrogens (primary N) is 1. The highest BCUT2D eigenvalue weighted by Crippen LogP contribution is 2.09. The van der Waals surface area contributed by atoms with E-state index in [1.807, 2.05) is 24.3 Å². The van der Waals surface area contributed by atoms with E-state index in [1.165, 1.54) is 0 Å². The summed E-state index contributed by atoms with van der Waals surface area (Å²) in [5.74, 6) is -0.331. The smallest absolute Gasteiger partial charge is 0.284 e. The largest absolute Gasteiger partial charge is 0.363 e. The Bertz CT molecular complexity index is 400. The molecule has 2 rings (SSSR count). The Balaban J connectivity index is 2.70. The minimum atomic E-state index is -0.536. The number of primary amides is 1. The Morgan fingerprint density at radius 3 is 2.83 bits per heavy atom. The fourth-order valence-electron chi connectivity index (χ4n) is 1.07. The molecule has 1 aromatic heterocycles. The average Bonchev–Trinajstić information content (AvgIpc) is 2.46. The first-order valence-electron chi connectivity index (χ1n) is 3.52. The number of imidazole rings is 1. The normalized spacial score (nSPS) is 10.3. The molecule has 0 fully saturated rings. The summed E-state index contributed by atoms with van der Waals surface area (Å²) in [7, 11) is 0. The van der Waals surface area contributed by atoms with Crippen molar-refractivity contribution in [3.8, 4) is 0 Å². The lowest BCUT2D eigenvalue weighted by Crippen LogP contribution is -2.12. The highest BCUT2D eigenvalue weighted by Gasteiger charge is 2.05. The summed E-state index contributed by atoms with van der Waals surface area (Å²) in [6.45, 7) is 0. The van der Waals surface area contributed by atoms with Gasteiger partial charge in [0.2, 0.25) is 0 Å². The first-order valence-corrected chi connectivity index (χ1v) is 3.52. The molecule has 2 aromatic rings. The van der Waals surface area contributed by atoms with Gasteiger partial charge in [0.25, 0.3) is 5.91 Å². The van der Waals surface area contributed by atoms with E-state index in [9.17, 15) is 4.79 Å². The van der Waals surface area contributed by atoms with Crippen LogP contribution >= 0.6 is 0 Å². The fraction of sp³-hybridized carbons (Fsp3) is 0. The number of amides is 1. The van der Waals surface area contributed by atoms with Crippen LogP contribution in [0.15, 0.2) is 24.3 Å². The molecule has 1 aromatic carbocycles. The third-order valence-electron chi connectivity index (χ3n) is 1.62. The quantitative estimate of drug-likeness (QED) is 0.644. The zero-order valence-electron chi connectivity index (χ0n) is 6.24. The number of aromatic amines is 1. The number of carbonyl (C=O) groups is 1. The number of nitrogens with one attached hydrogen (secondary N) is 1. The third kappa shape index (κ3) is 0.934. The van der Waals surface area contributed by atoms with E-state index in [0.29, 0.717) is 0 Å². The van der Waals surface area contributed by atoms with Crippen LogP contribution in [0.5, 0.6) is 0 Å². The van der Waals surface area contributed by atoms with Crippen LogP contribution in [-0.4, -0.2) is 15.9 Å². The van der Waals surface area contributed by atoms with Crippen LogP contribution in [0.3, 0.4) is 0 Å². The number of fused-ring (bicyclic) bond motifs is 1. The molecule has 0 atom stereocenters. The number of para-hydroxylation sites is 2. The number of H-pyrrole nitrogens is 1. The van der Waals surface area contributed by atoms with Gasteiger partial charge in [0.05, 0.1) is 11.0 Å². The number of hydrogen-bond acceptors (Lipinski definition) is 2. The van der Waals surface area contributed by atoms with Crippen molar-refractivity contribution >= 4 is 16.9 Å². The molecule has 1 heterocycles. The first-order chi connectivity index (χ1) is 5.77. The van der Waals surface area contributed by atoms with Crippen LogP contribution in [0, 0.1) is 0 Å². The van der Waals surface area contributed by atoms with Gasteiger partial charge in [-0.3, -0.25) is 4.79 Å². The Morgan fingerprint density at radius 2 is 2.17 bits per heavy atom. The molecule has 0 aliphatic rings. The van der Waals surface area contributed by atoms with Crippen molar-refractivity contribution in [3.05, 3.63) is 30.1 Å². The molecule has 1 amide bonds. The van der Waals surface area contributed by atoms with Crippen LogP contribution in [0.4, 0.5) is 0 Å². The minimum absolute atomic E-state index is 0.205. The highest BCUT2D eigenvalue weighted by atomic mass is 16.1. The molecule has 12 heavy (non-hydrogen) atoms. The first kappa shape index (κ1) is 6.84. The number of carbonyl (C=O) groups excluding carboxylic acids is 1. The molecular formula is C8H7N3O. The third-order valence-corrected chi connectivity index (χ3v) is 1.62. The number of rotatable bonds is 1. The molecule has 0 unspecified atom stereocenters. The average molecular weight is 161 g/mol. The van der Waals surface area contributed by atoms with Crippen molar-refractivity contribution < 1.29 is 4.79 Å². The van der Waals surface area contributed by atoms with E-state index < -0.39 is 5.91 Å². The molecule has 4 heteroatoms. The van der Waals surface area contributed by atoms with Crippen LogP contribution in [-0.2, 0) is 0 Å².